The number of fused-ring (bicyclic) bond motifs is 1. The predicted octanol–water partition coefficient (Wildman–Crippen LogP) is 2.00. The number of benzene rings is 1. The van der Waals surface area contributed by atoms with Crippen LogP contribution in [0.5, 0.6) is 0 Å². The Balaban J connectivity index is 1.37. The van der Waals surface area contributed by atoms with Gasteiger partial charge in [-0.05, 0) is 37.1 Å². The van der Waals surface area contributed by atoms with Gasteiger partial charge in [-0.1, -0.05) is 23.7 Å². The molecule has 0 radical (unpaired) electrons. The molecule has 2 amide bonds. The molecule has 2 aliphatic rings. The third-order valence-electron chi connectivity index (χ3n) is 4.29. The van der Waals surface area contributed by atoms with E-state index in [1.54, 1.807) is 0 Å². The minimum absolute atomic E-state index is 0.0891. The Morgan fingerprint density at radius 3 is 3.18 bits per heavy atom. The van der Waals surface area contributed by atoms with Crippen LogP contribution in [0, 0.1) is 0 Å². The fraction of sp³-hybridized carbons (Fsp3) is 0.562. The van der Waals surface area contributed by atoms with E-state index in [0.29, 0.717) is 24.2 Å². The molecule has 3 rings (SSSR count). The summed E-state index contributed by atoms with van der Waals surface area (Å²) >= 11 is 5.92. The van der Waals surface area contributed by atoms with E-state index in [2.05, 4.69) is 15.5 Å². The fourth-order valence-electron chi connectivity index (χ4n) is 3.11. The number of amides is 2. The van der Waals surface area contributed by atoms with Crippen molar-refractivity contribution < 1.29 is 9.53 Å². The van der Waals surface area contributed by atoms with Gasteiger partial charge in [0.2, 0.25) is 0 Å². The zero-order chi connectivity index (χ0) is 15.4. The second-order valence-corrected chi connectivity index (χ2v) is 6.38. The number of morpholine rings is 1. The molecule has 0 spiro atoms. The Bertz CT molecular complexity index is 526. The number of urea groups is 1. The number of rotatable bonds is 4. The van der Waals surface area contributed by atoms with Crippen LogP contribution in [0.1, 0.15) is 18.4 Å². The Morgan fingerprint density at radius 2 is 2.32 bits per heavy atom. The van der Waals surface area contributed by atoms with Gasteiger partial charge in [0.05, 0.1) is 12.7 Å². The van der Waals surface area contributed by atoms with Gasteiger partial charge in [0.1, 0.15) is 0 Å². The molecule has 2 atom stereocenters. The first-order chi connectivity index (χ1) is 10.7. The number of ether oxygens (including phenoxy) is 1. The van der Waals surface area contributed by atoms with Crippen LogP contribution in [-0.2, 0) is 11.3 Å². The molecule has 0 unspecified atom stereocenters. The number of nitrogens with zero attached hydrogens (tertiary/aromatic N) is 1. The van der Waals surface area contributed by atoms with Crippen LogP contribution in [0.2, 0.25) is 5.02 Å². The lowest BCUT2D eigenvalue weighted by Gasteiger charge is -2.35. The summed E-state index contributed by atoms with van der Waals surface area (Å²) in [4.78, 5) is 14.3. The first kappa shape index (κ1) is 15.6. The second-order valence-electron chi connectivity index (χ2n) is 5.94. The van der Waals surface area contributed by atoms with Gasteiger partial charge in [-0.2, -0.15) is 0 Å². The van der Waals surface area contributed by atoms with Gasteiger partial charge in [0.15, 0.2) is 0 Å². The van der Waals surface area contributed by atoms with Crippen LogP contribution >= 0.6 is 11.6 Å². The molecule has 1 aromatic carbocycles. The molecule has 2 fully saturated rings. The van der Waals surface area contributed by atoms with E-state index >= 15 is 0 Å². The van der Waals surface area contributed by atoms with Crippen molar-refractivity contribution in [1.82, 2.24) is 15.5 Å². The first-order valence-corrected chi connectivity index (χ1v) is 8.20. The van der Waals surface area contributed by atoms with Crippen molar-refractivity contribution in [2.75, 3.05) is 26.2 Å². The van der Waals surface area contributed by atoms with Crippen LogP contribution < -0.4 is 10.6 Å². The van der Waals surface area contributed by atoms with Crippen molar-refractivity contribution in [1.29, 1.82) is 0 Å². The molecule has 2 aliphatic heterocycles. The smallest absolute Gasteiger partial charge is 0.315 e. The highest BCUT2D eigenvalue weighted by atomic mass is 35.5. The molecule has 2 N–H and O–H groups in total. The van der Waals surface area contributed by atoms with E-state index in [4.69, 9.17) is 16.3 Å². The lowest BCUT2D eigenvalue weighted by Crippen LogP contribution is -2.51. The Kier molecular flexibility index (Phi) is 5.18. The predicted molar refractivity (Wildman–Crippen MR) is 86.0 cm³/mol. The van der Waals surface area contributed by atoms with Crippen molar-refractivity contribution in [3.05, 3.63) is 34.9 Å². The summed E-state index contributed by atoms with van der Waals surface area (Å²) in [5.74, 6) is 0. The molecule has 120 valence electrons. The highest BCUT2D eigenvalue weighted by Gasteiger charge is 2.32. The highest BCUT2D eigenvalue weighted by Crippen LogP contribution is 2.22. The molecule has 0 bridgehead atoms. The third kappa shape index (κ3) is 4.12. The maximum absolute atomic E-state index is 11.8. The summed E-state index contributed by atoms with van der Waals surface area (Å²) in [6.45, 7) is 3.87. The topological polar surface area (TPSA) is 53.6 Å². The number of hydrogen-bond acceptors (Lipinski definition) is 3. The minimum atomic E-state index is -0.174. The van der Waals surface area contributed by atoms with E-state index in [1.165, 1.54) is 12.8 Å². The average Bonchev–Trinajstić information content (AvgIpc) is 2.98. The van der Waals surface area contributed by atoms with Gasteiger partial charge in [-0.3, -0.25) is 4.90 Å². The quantitative estimate of drug-likeness (QED) is 0.891. The van der Waals surface area contributed by atoms with E-state index in [-0.39, 0.29) is 12.1 Å². The monoisotopic (exact) mass is 323 g/mol. The molecule has 22 heavy (non-hydrogen) atoms. The van der Waals surface area contributed by atoms with Crippen LogP contribution in [0.4, 0.5) is 4.79 Å². The van der Waals surface area contributed by atoms with Crippen molar-refractivity contribution in [3.63, 3.8) is 0 Å². The fourth-order valence-corrected chi connectivity index (χ4v) is 3.32. The van der Waals surface area contributed by atoms with Crippen molar-refractivity contribution in [2.45, 2.75) is 31.5 Å². The highest BCUT2D eigenvalue weighted by molar-refractivity contribution is 6.30. The third-order valence-corrected chi connectivity index (χ3v) is 4.53. The SMILES string of the molecule is O=C(NCc1cccc(Cl)c1)NC[C@H]1CN2CCC[C@@H]2CO1. The van der Waals surface area contributed by atoms with Gasteiger partial charge >= 0.3 is 6.03 Å². The number of hydrogen-bond donors (Lipinski definition) is 2. The zero-order valence-corrected chi connectivity index (χ0v) is 13.3. The van der Waals surface area contributed by atoms with Crippen LogP contribution in [0.15, 0.2) is 24.3 Å². The lowest BCUT2D eigenvalue weighted by atomic mass is 10.2. The average molecular weight is 324 g/mol. The summed E-state index contributed by atoms with van der Waals surface area (Å²) in [5.41, 5.74) is 0.983. The summed E-state index contributed by atoms with van der Waals surface area (Å²) in [5, 5.41) is 6.39. The van der Waals surface area contributed by atoms with E-state index in [9.17, 15) is 4.79 Å². The molecular formula is C16H22ClN3O2. The van der Waals surface area contributed by atoms with Crippen LogP contribution in [0.3, 0.4) is 0 Å². The molecule has 6 heteroatoms. The number of carbonyl (C=O) groups excluding carboxylic acids is 1. The summed E-state index contributed by atoms with van der Waals surface area (Å²) in [7, 11) is 0. The molecule has 2 saturated heterocycles. The van der Waals surface area contributed by atoms with Gasteiger partial charge in [-0.25, -0.2) is 4.79 Å². The Hall–Kier alpha value is -1.30. The van der Waals surface area contributed by atoms with E-state index in [1.807, 2.05) is 24.3 Å². The second kappa shape index (κ2) is 7.31. The molecule has 1 aromatic rings. The minimum Gasteiger partial charge on any atom is -0.373 e. The van der Waals surface area contributed by atoms with E-state index in [0.717, 1.165) is 25.3 Å². The van der Waals surface area contributed by atoms with Gasteiger partial charge < -0.3 is 15.4 Å². The molecular weight excluding hydrogens is 302 g/mol. The zero-order valence-electron chi connectivity index (χ0n) is 12.6. The Labute approximate surface area is 136 Å². The molecule has 0 aliphatic carbocycles. The van der Waals surface area contributed by atoms with Crippen molar-refractivity contribution in [3.8, 4) is 0 Å². The van der Waals surface area contributed by atoms with Crippen LogP contribution in [-0.4, -0.2) is 49.3 Å². The summed E-state index contributed by atoms with van der Waals surface area (Å²) in [6, 6.07) is 7.89. The summed E-state index contributed by atoms with van der Waals surface area (Å²) < 4.78 is 5.82. The van der Waals surface area contributed by atoms with Crippen molar-refractivity contribution in [2.24, 2.45) is 0 Å². The maximum Gasteiger partial charge on any atom is 0.315 e. The first-order valence-electron chi connectivity index (χ1n) is 7.82. The molecule has 2 heterocycles. The Morgan fingerprint density at radius 1 is 1.41 bits per heavy atom. The van der Waals surface area contributed by atoms with Gasteiger partial charge in [0, 0.05) is 30.7 Å². The molecule has 0 saturated carbocycles. The largest absolute Gasteiger partial charge is 0.373 e. The molecule has 0 aromatic heterocycles. The normalized spacial score (nSPS) is 24.8. The maximum atomic E-state index is 11.8. The van der Waals surface area contributed by atoms with Crippen molar-refractivity contribution >= 4 is 17.6 Å². The van der Waals surface area contributed by atoms with Gasteiger partial charge in [0.25, 0.3) is 0 Å². The van der Waals surface area contributed by atoms with Crippen LogP contribution in [0.25, 0.3) is 0 Å². The number of halogens is 1. The van der Waals surface area contributed by atoms with Gasteiger partial charge in [-0.15, -0.1) is 0 Å². The number of carbonyl (C=O) groups is 1. The van der Waals surface area contributed by atoms with E-state index < -0.39 is 0 Å². The number of nitrogens with one attached hydrogen (secondary N) is 2. The molecule has 5 nitrogen and oxygen atoms in total. The lowest BCUT2D eigenvalue weighted by molar-refractivity contribution is -0.0457. The summed E-state index contributed by atoms with van der Waals surface area (Å²) in [6.07, 6.45) is 2.58. The standard InChI is InChI=1S/C16H22ClN3O2/c17-13-4-1-3-12(7-13)8-18-16(21)19-9-15-10-20-6-2-5-14(20)11-22-15/h1,3-4,7,14-15H,2,5-6,8-11H2,(H2,18,19,21)/t14-,15+/m1/s1.